The van der Waals surface area contributed by atoms with Gasteiger partial charge in [0.05, 0.1) is 23.7 Å². The highest BCUT2D eigenvalue weighted by Gasteiger charge is 2.35. The lowest BCUT2D eigenvalue weighted by Gasteiger charge is -2.33. The monoisotopic (exact) mass is 348 g/mol. The van der Waals surface area contributed by atoms with Crippen LogP contribution in [-0.4, -0.2) is 26.7 Å². The summed E-state index contributed by atoms with van der Waals surface area (Å²) in [6.45, 7) is 4.66. The highest BCUT2D eigenvalue weighted by molar-refractivity contribution is 8.00. The fraction of sp³-hybridized carbons (Fsp3) is 0.211. The van der Waals surface area contributed by atoms with Crippen LogP contribution in [0, 0.1) is 13.8 Å². The number of thioether (sulfide) groups is 1. The quantitative estimate of drug-likeness (QED) is 0.675. The first-order valence-corrected chi connectivity index (χ1v) is 9.20. The summed E-state index contributed by atoms with van der Waals surface area (Å²) >= 11 is 1.61. The van der Waals surface area contributed by atoms with Gasteiger partial charge in [0.25, 0.3) is 0 Å². The van der Waals surface area contributed by atoms with Crippen molar-refractivity contribution in [1.29, 1.82) is 0 Å². The second kappa shape index (κ2) is 5.20. The van der Waals surface area contributed by atoms with Crippen molar-refractivity contribution in [2.24, 2.45) is 0 Å². The summed E-state index contributed by atoms with van der Waals surface area (Å²) in [5.41, 5.74) is 7.27. The number of hydrogen-bond acceptors (Lipinski definition) is 4. The number of benzene rings is 2. The molecule has 0 spiro atoms. The van der Waals surface area contributed by atoms with Crippen LogP contribution in [0.5, 0.6) is 0 Å². The van der Waals surface area contributed by atoms with Crippen LogP contribution in [0.15, 0.2) is 41.3 Å². The zero-order valence-corrected chi connectivity index (χ0v) is 14.8. The molecular weight excluding hydrogens is 332 g/mol. The van der Waals surface area contributed by atoms with E-state index in [1.165, 1.54) is 11.1 Å². The third kappa shape index (κ3) is 2.14. The molecule has 0 N–H and O–H groups in total. The second-order valence-electron chi connectivity index (χ2n) is 6.56. The van der Waals surface area contributed by atoms with Crippen molar-refractivity contribution in [2.45, 2.75) is 25.3 Å². The van der Waals surface area contributed by atoms with Crippen LogP contribution in [0.2, 0.25) is 0 Å². The Bertz CT molecular complexity index is 1020. The molecule has 124 valence electrons. The Labute approximate surface area is 149 Å². The molecule has 2 aromatic carbocycles. The van der Waals surface area contributed by atoms with Gasteiger partial charge in [-0.25, -0.2) is 4.68 Å². The zero-order chi connectivity index (χ0) is 17.1. The van der Waals surface area contributed by atoms with Gasteiger partial charge in [-0.3, -0.25) is 4.79 Å². The third-order valence-corrected chi connectivity index (χ3v) is 5.71. The summed E-state index contributed by atoms with van der Waals surface area (Å²) < 4.78 is 1.91. The van der Waals surface area contributed by atoms with E-state index in [1.54, 1.807) is 11.8 Å². The van der Waals surface area contributed by atoms with Crippen molar-refractivity contribution >= 4 is 23.4 Å². The van der Waals surface area contributed by atoms with Gasteiger partial charge in [-0.2, -0.15) is 0 Å². The summed E-state index contributed by atoms with van der Waals surface area (Å²) in [7, 11) is 0. The average Bonchev–Trinajstić information content (AvgIpc) is 3.01. The highest BCUT2D eigenvalue weighted by atomic mass is 32.2. The average molecular weight is 348 g/mol. The van der Waals surface area contributed by atoms with Gasteiger partial charge in [-0.1, -0.05) is 23.4 Å². The first-order valence-electron chi connectivity index (χ1n) is 8.21. The minimum atomic E-state index is 0.136. The maximum atomic E-state index is 12.4. The number of nitrogens with zero attached hydrogens (tertiary/aromatic N) is 4. The number of carbonyl (C=O) groups is 1. The van der Waals surface area contributed by atoms with Gasteiger partial charge in [-0.15, -0.1) is 16.9 Å². The highest BCUT2D eigenvalue weighted by Crippen LogP contribution is 2.47. The number of amides is 1. The number of aryl methyl sites for hydroxylation is 2. The summed E-state index contributed by atoms with van der Waals surface area (Å²) in [5.74, 6) is 0.619. The van der Waals surface area contributed by atoms with Crippen LogP contribution in [-0.2, 0) is 11.3 Å². The van der Waals surface area contributed by atoms with Crippen molar-refractivity contribution in [3.63, 3.8) is 0 Å². The molecule has 0 fully saturated rings. The molecule has 0 radical (unpaired) electrons. The zero-order valence-electron chi connectivity index (χ0n) is 14.0. The number of hydrogen-bond donors (Lipinski definition) is 0. The minimum absolute atomic E-state index is 0.136. The van der Waals surface area contributed by atoms with Crippen LogP contribution < -0.4 is 4.90 Å². The Morgan fingerprint density at radius 1 is 1.12 bits per heavy atom. The van der Waals surface area contributed by atoms with Gasteiger partial charge in [-0.05, 0) is 43.2 Å². The maximum absolute atomic E-state index is 12.4. The normalized spacial score (nSPS) is 15.1. The van der Waals surface area contributed by atoms with Crippen molar-refractivity contribution in [1.82, 2.24) is 15.0 Å². The van der Waals surface area contributed by atoms with E-state index >= 15 is 0 Å². The van der Waals surface area contributed by atoms with Crippen molar-refractivity contribution in [3.05, 3.63) is 53.2 Å². The van der Waals surface area contributed by atoms with E-state index in [1.807, 2.05) is 15.6 Å². The second-order valence-corrected chi connectivity index (χ2v) is 7.58. The Balaban J connectivity index is 1.77. The smallest absolute Gasteiger partial charge is 0.237 e. The van der Waals surface area contributed by atoms with Gasteiger partial charge >= 0.3 is 0 Å². The molecule has 0 saturated carbocycles. The van der Waals surface area contributed by atoms with E-state index < -0.39 is 0 Å². The number of aromatic nitrogens is 3. The standard InChI is InChI=1S/C19H16N4OS/c1-11-6-12(2)8-13(7-11)23-18-14-4-3-5-16-19(14)22(17(24)10-25-16)9-15(18)20-21-23/h3-8H,9-10H2,1-2H3. The van der Waals surface area contributed by atoms with E-state index in [4.69, 9.17) is 0 Å². The molecule has 0 unspecified atom stereocenters. The topological polar surface area (TPSA) is 51.0 Å². The molecule has 2 aliphatic heterocycles. The number of para-hydroxylation sites is 1. The molecule has 3 aromatic rings. The van der Waals surface area contributed by atoms with Gasteiger partial charge in [0.15, 0.2) is 0 Å². The van der Waals surface area contributed by atoms with Crippen LogP contribution in [0.25, 0.3) is 16.9 Å². The van der Waals surface area contributed by atoms with E-state index in [0.29, 0.717) is 12.3 Å². The van der Waals surface area contributed by atoms with Gasteiger partial charge in [0.2, 0.25) is 5.91 Å². The molecule has 3 heterocycles. The summed E-state index contributed by atoms with van der Waals surface area (Å²) in [4.78, 5) is 15.4. The lowest BCUT2D eigenvalue weighted by atomic mass is 10.0. The van der Waals surface area contributed by atoms with Crippen LogP contribution in [0.1, 0.15) is 16.8 Å². The van der Waals surface area contributed by atoms with E-state index in [-0.39, 0.29) is 5.91 Å². The number of anilines is 1. The molecular formula is C19H16N4OS. The fourth-order valence-corrected chi connectivity index (χ4v) is 4.68. The van der Waals surface area contributed by atoms with E-state index in [2.05, 4.69) is 54.5 Å². The fourth-order valence-electron chi connectivity index (χ4n) is 3.71. The first kappa shape index (κ1) is 14.7. The third-order valence-electron chi connectivity index (χ3n) is 4.68. The molecule has 6 heteroatoms. The number of carbonyl (C=O) groups excluding carboxylic acids is 1. The van der Waals surface area contributed by atoms with Gasteiger partial charge in [0.1, 0.15) is 11.4 Å². The van der Waals surface area contributed by atoms with Crippen molar-refractivity contribution in [3.8, 4) is 16.9 Å². The summed E-state index contributed by atoms with van der Waals surface area (Å²) in [5, 5.41) is 8.80. The van der Waals surface area contributed by atoms with Crippen molar-refractivity contribution < 1.29 is 4.79 Å². The molecule has 1 amide bonds. The van der Waals surface area contributed by atoms with Gasteiger partial charge < -0.3 is 4.90 Å². The largest absolute Gasteiger partial charge is 0.304 e. The maximum Gasteiger partial charge on any atom is 0.237 e. The van der Waals surface area contributed by atoms with E-state index in [9.17, 15) is 4.79 Å². The molecule has 2 aliphatic rings. The lowest BCUT2D eigenvalue weighted by molar-refractivity contribution is -0.116. The molecule has 5 nitrogen and oxygen atoms in total. The summed E-state index contributed by atoms with van der Waals surface area (Å²) in [6.07, 6.45) is 0. The van der Waals surface area contributed by atoms with E-state index in [0.717, 1.165) is 33.2 Å². The summed E-state index contributed by atoms with van der Waals surface area (Å²) in [6, 6.07) is 12.6. The number of rotatable bonds is 1. The Kier molecular flexibility index (Phi) is 3.06. The molecule has 0 bridgehead atoms. The molecule has 5 rings (SSSR count). The molecule has 0 aliphatic carbocycles. The molecule has 0 saturated heterocycles. The van der Waals surface area contributed by atoms with Crippen LogP contribution >= 0.6 is 11.8 Å². The molecule has 25 heavy (non-hydrogen) atoms. The Hall–Kier alpha value is -2.60. The van der Waals surface area contributed by atoms with Crippen LogP contribution in [0.4, 0.5) is 5.69 Å². The number of fused-ring (bicyclic) bond motifs is 2. The van der Waals surface area contributed by atoms with Gasteiger partial charge in [0, 0.05) is 10.5 Å². The first-order chi connectivity index (χ1) is 12.1. The van der Waals surface area contributed by atoms with Crippen LogP contribution in [0.3, 0.4) is 0 Å². The van der Waals surface area contributed by atoms with Crippen molar-refractivity contribution in [2.75, 3.05) is 10.7 Å². The molecule has 0 atom stereocenters. The Morgan fingerprint density at radius 3 is 2.72 bits per heavy atom. The lowest BCUT2D eigenvalue weighted by Crippen LogP contribution is -2.37. The molecule has 1 aromatic heterocycles. The minimum Gasteiger partial charge on any atom is -0.304 e. The Morgan fingerprint density at radius 2 is 1.92 bits per heavy atom. The predicted molar refractivity (Wildman–Crippen MR) is 98.2 cm³/mol. The predicted octanol–water partition coefficient (Wildman–Crippen LogP) is 3.50. The SMILES string of the molecule is Cc1cc(C)cc(-n2nnc3c2-c2cccc4c2N(C3)C(=O)CS4)c1.